The number of carbonyl (C=O) groups excluding carboxylic acids is 1. The van der Waals surface area contributed by atoms with Crippen molar-refractivity contribution in [2.24, 2.45) is 15.9 Å². The van der Waals surface area contributed by atoms with E-state index < -0.39 is 28.9 Å². The number of aromatic nitrogens is 1. The molecule has 0 saturated carbocycles. The number of pyridine rings is 1. The summed E-state index contributed by atoms with van der Waals surface area (Å²) in [6.45, 7) is 29.8. The molecule has 62 heavy (non-hydrogen) atoms. The van der Waals surface area contributed by atoms with Gasteiger partial charge in [-0.2, -0.15) is 0 Å². The molecule has 1 radical (unpaired) electrons. The summed E-state index contributed by atoms with van der Waals surface area (Å²) in [6, 6.07) is 14.3. The van der Waals surface area contributed by atoms with E-state index in [0.29, 0.717) is 33.9 Å². The van der Waals surface area contributed by atoms with Crippen LogP contribution in [0.4, 0.5) is 0 Å². The number of fused-ring (bicyclic) bond motifs is 3. The first-order valence-electron chi connectivity index (χ1n) is 21.7. The normalized spacial score (nSPS) is 20.4. The predicted molar refractivity (Wildman–Crippen MR) is 245 cm³/mol. The Balaban J connectivity index is 0.00000726. The molecule has 6 atom stereocenters. The van der Waals surface area contributed by atoms with E-state index in [1.807, 2.05) is 96.1 Å². The quantitative estimate of drug-likeness (QED) is 0.0836. The summed E-state index contributed by atoms with van der Waals surface area (Å²) in [5.41, 5.74) is 4.54. The van der Waals surface area contributed by atoms with E-state index in [1.165, 1.54) is 6.21 Å². The monoisotopic (exact) mass is 885 g/mol. The van der Waals surface area contributed by atoms with Gasteiger partial charge in [0.05, 0.1) is 25.2 Å². The van der Waals surface area contributed by atoms with Gasteiger partial charge in [-0.15, -0.1) is 6.58 Å². The molecule has 4 unspecified atom stereocenters. The molecule has 2 aliphatic rings. The van der Waals surface area contributed by atoms with Gasteiger partial charge in [-0.25, -0.2) is 4.79 Å². The Morgan fingerprint density at radius 2 is 1.44 bits per heavy atom. The fraction of sp³-hybridized carbons (Fsp3) is 0.500. The zero-order valence-electron chi connectivity index (χ0n) is 39.0. The van der Waals surface area contributed by atoms with Crippen LogP contribution in [-0.4, -0.2) is 66.6 Å². The predicted octanol–water partition coefficient (Wildman–Crippen LogP) is 9.42. The van der Waals surface area contributed by atoms with Gasteiger partial charge >= 0.3 is 22.7 Å². The Kier molecular flexibility index (Phi) is 14.3. The number of rotatable bonds is 11. The summed E-state index contributed by atoms with van der Waals surface area (Å²) in [4.78, 5) is 31.6. The van der Waals surface area contributed by atoms with Crippen molar-refractivity contribution in [3.8, 4) is 17.2 Å². The molecule has 2 saturated heterocycles. The maximum absolute atomic E-state index is 14.9. The zero-order chi connectivity index (χ0) is 44.8. The molecule has 1 aromatic heterocycles. The molecule has 9 nitrogen and oxygen atoms in total. The van der Waals surface area contributed by atoms with E-state index in [0.717, 1.165) is 47.0 Å². The van der Waals surface area contributed by atoms with Gasteiger partial charge in [-0.05, 0) is 105 Å². The van der Waals surface area contributed by atoms with Crippen LogP contribution in [-0.2, 0) is 48.0 Å². The number of aliphatic imine (C=N–C) groups is 2. The number of hydrogen-bond acceptors (Lipinski definition) is 9. The molecule has 2 bridgehead atoms. The van der Waals surface area contributed by atoms with Crippen LogP contribution in [0.5, 0.6) is 17.2 Å². The minimum Gasteiger partial charge on any atom is -0.872 e. The third-order valence-corrected chi connectivity index (χ3v) is 12.5. The summed E-state index contributed by atoms with van der Waals surface area (Å²) in [6.07, 6.45) is 8.04. The third kappa shape index (κ3) is 10.3. The van der Waals surface area contributed by atoms with Crippen molar-refractivity contribution in [2.45, 2.75) is 142 Å². The molecule has 2 fully saturated rings. The van der Waals surface area contributed by atoms with Gasteiger partial charge in [0.15, 0.2) is 6.04 Å². The van der Waals surface area contributed by atoms with E-state index in [1.54, 1.807) is 19.5 Å². The first-order valence-corrected chi connectivity index (χ1v) is 21.7. The average molecular weight is 886 g/mol. The Morgan fingerprint density at radius 3 is 1.95 bits per heavy atom. The standard InChI is InChI=1S/C52H68N4O5.Co/c1-15-43-31-19-21-56(43)44(24-31)47(37-18-20-54-41-17-16-36(60-14)27-38(37)41)61-48(59)42(55-29-33-23-35(50(5,6)7)26-40(46(33)58)52(11,12)13)30-53-28-32-22-34(49(2,3)4)25-39(45(32)57)51(8,9)10;/h15-18,20,22-23,25-29,31,42-44,47,57-58H,1,19,21,24,30H2,2-14H3;/q;+2/p-2/t31?,42-,43?,44?,47+;/m0./s1. The number of ether oxygens (including phenoxy) is 2. The fourth-order valence-corrected chi connectivity index (χ4v) is 8.77. The molecule has 10 heteroatoms. The average Bonchev–Trinajstić information content (AvgIpc) is 3.74. The van der Waals surface area contributed by atoms with Crippen LogP contribution in [0.3, 0.4) is 0 Å². The molecular formula is C52H66CoN4O5. The van der Waals surface area contributed by atoms with Crippen LogP contribution in [0.15, 0.2) is 77.4 Å². The first-order chi connectivity index (χ1) is 28.4. The molecule has 333 valence electrons. The number of piperidine rings is 1. The first kappa shape index (κ1) is 48.5. The SMILES string of the molecule is C=CC1C2CCN1C([C@H](OC(=O)[C@H](CN=Cc1cc(C(C)(C)C)cc(C(C)(C)C)c1[O-])N=Cc1cc(C(C)(C)C)cc(C(C)(C)C)c1[O-])c1ccnc3ccc(OC)cc13)C2.[Co+2]. The van der Waals surface area contributed by atoms with Crippen LogP contribution in [0.25, 0.3) is 10.9 Å². The van der Waals surface area contributed by atoms with Crippen LogP contribution in [0, 0.1) is 5.92 Å². The second-order valence-electron chi connectivity index (χ2n) is 21.1. The summed E-state index contributed by atoms with van der Waals surface area (Å²) in [5.74, 6) is 0.255. The van der Waals surface area contributed by atoms with Gasteiger partial charge in [0.1, 0.15) is 11.9 Å². The van der Waals surface area contributed by atoms with Gasteiger partial charge in [0, 0.05) is 35.6 Å². The maximum atomic E-state index is 14.9. The zero-order valence-corrected chi connectivity index (χ0v) is 40.1. The molecule has 3 aromatic carbocycles. The fourth-order valence-electron chi connectivity index (χ4n) is 8.77. The summed E-state index contributed by atoms with van der Waals surface area (Å²) in [7, 11) is 1.63. The number of carbonyl (C=O) groups is 1. The van der Waals surface area contributed by atoms with E-state index in [-0.39, 0.29) is 57.7 Å². The molecule has 0 N–H and O–H groups in total. The summed E-state index contributed by atoms with van der Waals surface area (Å²) < 4.78 is 12.4. The van der Waals surface area contributed by atoms with E-state index >= 15 is 0 Å². The van der Waals surface area contributed by atoms with Gasteiger partial charge in [0.2, 0.25) is 0 Å². The molecule has 2 aliphatic heterocycles. The molecular weight excluding hydrogens is 820 g/mol. The van der Waals surface area contributed by atoms with Crippen LogP contribution >= 0.6 is 0 Å². The molecule has 0 amide bonds. The Morgan fingerprint density at radius 1 is 0.855 bits per heavy atom. The van der Waals surface area contributed by atoms with Crippen molar-refractivity contribution in [3.05, 3.63) is 106 Å². The molecule has 4 aromatic rings. The molecule has 3 heterocycles. The number of benzene rings is 3. The van der Waals surface area contributed by atoms with Gasteiger partial charge in [-0.1, -0.05) is 125 Å². The van der Waals surface area contributed by atoms with E-state index in [2.05, 4.69) is 58.0 Å². The number of nitrogens with zero attached hydrogens (tertiary/aromatic N) is 4. The topological polar surface area (TPSA) is 122 Å². The number of esters is 1. The molecule has 6 rings (SSSR count). The van der Waals surface area contributed by atoms with Gasteiger partial charge in [-0.3, -0.25) is 19.9 Å². The largest absolute Gasteiger partial charge is 2.00 e. The Hall–Kier alpha value is -4.51. The Labute approximate surface area is 380 Å². The number of methoxy groups -OCH3 is 1. The van der Waals surface area contributed by atoms with Crippen molar-refractivity contribution in [2.75, 3.05) is 20.2 Å². The van der Waals surface area contributed by atoms with Crippen LogP contribution in [0.1, 0.15) is 141 Å². The van der Waals surface area contributed by atoms with Crippen LogP contribution < -0.4 is 14.9 Å². The van der Waals surface area contributed by atoms with Gasteiger partial charge in [0.25, 0.3) is 0 Å². The van der Waals surface area contributed by atoms with Crippen molar-refractivity contribution >= 4 is 29.3 Å². The second-order valence-corrected chi connectivity index (χ2v) is 21.1. The second kappa shape index (κ2) is 18.3. The van der Waals surface area contributed by atoms with Gasteiger partial charge < -0.3 is 19.7 Å². The van der Waals surface area contributed by atoms with Crippen LogP contribution in [0.2, 0.25) is 0 Å². The van der Waals surface area contributed by atoms with Crippen molar-refractivity contribution in [1.82, 2.24) is 9.88 Å². The van der Waals surface area contributed by atoms with Crippen molar-refractivity contribution in [1.29, 1.82) is 0 Å². The smallest absolute Gasteiger partial charge is 0.872 e. The van der Waals surface area contributed by atoms with E-state index in [4.69, 9.17) is 19.5 Å². The minimum absolute atomic E-state index is 0. The van der Waals surface area contributed by atoms with Crippen molar-refractivity contribution in [3.63, 3.8) is 0 Å². The Bertz CT molecular complexity index is 2340. The summed E-state index contributed by atoms with van der Waals surface area (Å²) >= 11 is 0. The molecule has 0 aliphatic carbocycles. The summed E-state index contributed by atoms with van der Waals surface area (Å²) in [5, 5.41) is 28.8. The molecule has 0 spiro atoms. The minimum atomic E-state index is -1.14. The number of hydrogen-bond donors (Lipinski definition) is 0. The maximum Gasteiger partial charge on any atom is 2.00 e. The van der Waals surface area contributed by atoms with Crippen molar-refractivity contribution < 1.29 is 41.3 Å². The third-order valence-electron chi connectivity index (χ3n) is 12.5. The van der Waals surface area contributed by atoms with E-state index in [9.17, 15) is 15.0 Å².